The summed E-state index contributed by atoms with van der Waals surface area (Å²) < 4.78 is 5.08. The van der Waals surface area contributed by atoms with E-state index in [0.717, 1.165) is 5.69 Å². The maximum Gasteiger partial charge on any atom is 0.336 e. The van der Waals surface area contributed by atoms with Crippen molar-refractivity contribution in [1.29, 1.82) is 0 Å². The Hall–Kier alpha value is -3.12. The van der Waals surface area contributed by atoms with Crippen LogP contribution in [0.1, 0.15) is 6.42 Å². The monoisotopic (exact) mass is 382 g/mol. The fourth-order valence-electron chi connectivity index (χ4n) is 3.15. The minimum atomic E-state index is -0.447. The second kappa shape index (κ2) is 6.89. The summed E-state index contributed by atoms with van der Waals surface area (Å²) in [7, 11) is 0. The molecule has 0 radical (unpaired) electrons. The Kier molecular flexibility index (Phi) is 4.41. The van der Waals surface area contributed by atoms with Gasteiger partial charge in [-0.1, -0.05) is 11.6 Å². The van der Waals surface area contributed by atoms with E-state index < -0.39 is 11.5 Å². The number of benzene rings is 2. The predicted octanol–water partition coefficient (Wildman–Crippen LogP) is 3.44. The van der Waals surface area contributed by atoms with E-state index in [-0.39, 0.29) is 18.2 Å². The van der Waals surface area contributed by atoms with Crippen LogP contribution in [-0.4, -0.2) is 18.4 Å². The third-order valence-electron chi connectivity index (χ3n) is 4.52. The lowest BCUT2D eigenvalue weighted by Gasteiger charge is -2.16. The number of hydrogen-bond donors (Lipinski definition) is 1. The van der Waals surface area contributed by atoms with Crippen LogP contribution in [0.4, 0.5) is 11.4 Å². The SMILES string of the molecule is O=C(Nc1ccc2oc(=O)ccc2c1)[C@@H]1CC(=O)N(c2ccc(Cl)cc2)C1. The molecule has 1 saturated heterocycles. The van der Waals surface area contributed by atoms with Crippen LogP contribution in [-0.2, 0) is 9.59 Å². The Morgan fingerprint density at radius 2 is 1.85 bits per heavy atom. The zero-order chi connectivity index (χ0) is 19.0. The number of anilines is 2. The molecule has 7 heteroatoms. The van der Waals surface area contributed by atoms with Crippen LogP contribution in [0.3, 0.4) is 0 Å². The highest BCUT2D eigenvalue weighted by molar-refractivity contribution is 6.30. The number of amides is 2. The van der Waals surface area contributed by atoms with Crippen LogP contribution < -0.4 is 15.8 Å². The largest absolute Gasteiger partial charge is 0.423 e. The highest BCUT2D eigenvalue weighted by Gasteiger charge is 2.35. The Labute approximate surface area is 159 Å². The van der Waals surface area contributed by atoms with Crippen LogP contribution in [0, 0.1) is 5.92 Å². The molecular weight excluding hydrogens is 368 g/mol. The average Bonchev–Trinajstić information content (AvgIpc) is 3.04. The van der Waals surface area contributed by atoms with E-state index >= 15 is 0 Å². The maximum absolute atomic E-state index is 12.6. The molecule has 2 heterocycles. The smallest absolute Gasteiger partial charge is 0.336 e. The van der Waals surface area contributed by atoms with Crippen molar-refractivity contribution in [2.75, 3.05) is 16.8 Å². The summed E-state index contributed by atoms with van der Waals surface area (Å²) >= 11 is 5.88. The molecule has 0 unspecified atom stereocenters. The Balaban J connectivity index is 1.48. The fourth-order valence-corrected chi connectivity index (χ4v) is 3.27. The van der Waals surface area contributed by atoms with Crippen LogP contribution in [0.5, 0.6) is 0 Å². The molecule has 1 aliphatic heterocycles. The molecule has 2 aromatic carbocycles. The van der Waals surface area contributed by atoms with Gasteiger partial charge in [0.2, 0.25) is 11.8 Å². The van der Waals surface area contributed by atoms with Crippen molar-refractivity contribution in [2.24, 2.45) is 5.92 Å². The van der Waals surface area contributed by atoms with Gasteiger partial charge in [0.05, 0.1) is 5.92 Å². The Bertz CT molecular complexity index is 1090. The lowest BCUT2D eigenvalue weighted by molar-refractivity contribution is -0.122. The third kappa shape index (κ3) is 3.57. The summed E-state index contributed by atoms with van der Waals surface area (Å²) in [5, 5.41) is 4.13. The van der Waals surface area contributed by atoms with Gasteiger partial charge in [-0.05, 0) is 48.5 Å². The van der Waals surface area contributed by atoms with Gasteiger partial charge in [0, 0.05) is 40.8 Å². The van der Waals surface area contributed by atoms with Gasteiger partial charge in [-0.25, -0.2) is 4.79 Å². The van der Waals surface area contributed by atoms with Gasteiger partial charge in [0.15, 0.2) is 0 Å². The van der Waals surface area contributed by atoms with Crippen molar-refractivity contribution in [2.45, 2.75) is 6.42 Å². The predicted molar refractivity (Wildman–Crippen MR) is 103 cm³/mol. The number of fused-ring (bicyclic) bond motifs is 1. The van der Waals surface area contributed by atoms with E-state index in [1.165, 1.54) is 6.07 Å². The molecule has 2 amide bonds. The molecule has 1 aromatic heterocycles. The van der Waals surface area contributed by atoms with Gasteiger partial charge in [-0.3, -0.25) is 9.59 Å². The Morgan fingerprint density at radius 3 is 2.63 bits per heavy atom. The molecule has 0 bridgehead atoms. The zero-order valence-corrected chi connectivity index (χ0v) is 14.9. The molecule has 3 aromatic rings. The van der Waals surface area contributed by atoms with Crippen LogP contribution in [0.25, 0.3) is 11.0 Å². The second-order valence-electron chi connectivity index (χ2n) is 6.38. The quantitative estimate of drug-likeness (QED) is 0.704. The van der Waals surface area contributed by atoms with Crippen molar-refractivity contribution in [3.63, 3.8) is 0 Å². The van der Waals surface area contributed by atoms with Crippen molar-refractivity contribution in [1.82, 2.24) is 0 Å². The standard InChI is InChI=1S/C20H15ClN2O4/c21-14-2-5-16(6-3-14)23-11-13(10-18(23)24)20(26)22-15-4-7-17-12(9-15)1-8-19(25)27-17/h1-9,13H,10-11H2,(H,22,26)/t13-/m1/s1. The van der Waals surface area contributed by atoms with E-state index in [1.54, 1.807) is 53.4 Å². The molecule has 1 fully saturated rings. The summed E-state index contributed by atoms with van der Waals surface area (Å²) in [6.45, 7) is 0.314. The van der Waals surface area contributed by atoms with Crippen LogP contribution >= 0.6 is 11.6 Å². The molecule has 1 aliphatic rings. The van der Waals surface area contributed by atoms with E-state index in [0.29, 0.717) is 28.2 Å². The molecule has 27 heavy (non-hydrogen) atoms. The normalized spacial score (nSPS) is 16.7. The average molecular weight is 383 g/mol. The Morgan fingerprint density at radius 1 is 1.07 bits per heavy atom. The molecule has 0 saturated carbocycles. The zero-order valence-electron chi connectivity index (χ0n) is 14.1. The molecular formula is C20H15ClN2O4. The van der Waals surface area contributed by atoms with Gasteiger partial charge < -0.3 is 14.6 Å². The van der Waals surface area contributed by atoms with Crippen molar-refractivity contribution in [3.05, 3.63) is 70.0 Å². The number of halogens is 1. The summed E-state index contributed by atoms with van der Waals surface area (Å²) in [6.07, 6.45) is 0.150. The first-order chi connectivity index (χ1) is 13.0. The third-order valence-corrected chi connectivity index (χ3v) is 4.77. The van der Waals surface area contributed by atoms with Crippen molar-refractivity contribution >= 4 is 45.8 Å². The summed E-state index contributed by atoms with van der Waals surface area (Å²) in [6, 6.07) is 14.9. The lowest BCUT2D eigenvalue weighted by Crippen LogP contribution is -2.28. The number of nitrogens with zero attached hydrogens (tertiary/aromatic N) is 1. The molecule has 0 spiro atoms. The van der Waals surface area contributed by atoms with E-state index in [9.17, 15) is 14.4 Å². The number of carbonyl (C=O) groups excluding carboxylic acids is 2. The molecule has 6 nitrogen and oxygen atoms in total. The second-order valence-corrected chi connectivity index (χ2v) is 6.81. The summed E-state index contributed by atoms with van der Waals surface area (Å²) in [5.74, 6) is -0.771. The van der Waals surface area contributed by atoms with Gasteiger partial charge in [0.25, 0.3) is 0 Å². The summed E-state index contributed by atoms with van der Waals surface area (Å²) in [5.41, 5.74) is 1.33. The number of nitrogens with one attached hydrogen (secondary N) is 1. The van der Waals surface area contributed by atoms with E-state index in [2.05, 4.69) is 5.32 Å². The maximum atomic E-state index is 12.6. The minimum Gasteiger partial charge on any atom is -0.423 e. The van der Waals surface area contributed by atoms with Crippen molar-refractivity contribution in [3.8, 4) is 0 Å². The molecule has 1 N–H and O–H groups in total. The summed E-state index contributed by atoms with van der Waals surface area (Å²) in [4.78, 5) is 37.7. The van der Waals surface area contributed by atoms with Gasteiger partial charge >= 0.3 is 5.63 Å². The number of carbonyl (C=O) groups is 2. The minimum absolute atomic E-state index is 0.0993. The van der Waals surface area contributed by atoms with Crippen molar-refractivity contribution < 1.29 is 14.0 Å². The number of rotatable bonds is 3. The molecule has 136 valence electrons. The lowest BCUT2D eigenvalue weighted by atomic mass is 10.1. The highest BCUT2D eigenvalue weighted by Crippen LogP contribution is 2.27. The highest BCUT2D eigenvalue weighted by atomic mass is 35.5. The van der Waals surface area contributed by atoms with Gasteiger partial charge in [0.1, 0.15) is 5.58 Å². The number of hydrogen-bond acceptors (Lipinski definition) is 4. The first kappa shape index (κ1) is 17.3. The van der Waals surface area contributed by atoms with Gasteiger partial charge in [-0.2, -0.15) is 0 Å². The fraction of sp³-hybridized carbons (Fsp3) is 0.150. The molecule has 4 rings (SSSR count). The topological polar surface area (TPSA) is 79.6 Å². The molecule has 0 aliphatic carbocycles. The van der Waals surface area contributed by atoms with E-state index in [4.69, 9.17) is 16.0 Å². The first-order valence-electron chi connectivity index (χ1n) is 8.40. The van der Waals surface area contributed by atoms with Crippen LogP contribution in [0.2, 0.25) is 5.02 Å². The molecule has 1 atom stereocenters. The van der Waals surface area contributed by atoms with Gasteiger partial charge in [-0.15, -0.1) is 0 Å². The van der Waals surface area contributed by atoms with Crippen LogP contribution in [0.15, 0.2) is 63.8 Å². The van der Waals surface area contributed by atoms with E-state index in [1.807, 2.05) is 0 Å². The first-order valence-corrected chi connectivity index (χ1v) is 8.78.